The molecule has 2 aromatic rings. The van der Waals surface area contributed by atoms with Crippen LogP contribution < -0.4 is 10.6 Å². The highest BCUT2D eigenvalue weighted by molar-refractivity contribution is 5.97. The van der Waals surface area contributed by atoms with Gasteiger partial charge in [0, 0.05) is 18.4 Å². The van der Waals surface area contributed by atoms with E-state index in [1.165, 1.54) is 6.20 Å². The standard InChI is InChI=1S/C18H17N3O/c1-14-7-9-17(10-8-14)20-13-16(11-19)18(22)21-12-15-5-3-2-4-6-15/h2-10,13,20H,12H2,1H3,(H,21,22)/b16-13+. The first kappa shape index (κ1) is 15.3. The first-order valence-electron chi connectivity index (χ1n) is 6.94. The van der Waals surface area contributed by atoms with Crippen molar-refractivity contribution in [3.63, 3.8) is 0 Å². The van der Waals surface area contributed by atoms with Crippen LogP contribution in [-0.4, -0.2) is 5.91 Å². The summed E-state index contributed by atoms with van der Waals surface area (Å²) in [4.78, 5) is 12.0. The Hall–Kier alpha value is -3.06. The van der Waals surface area contributed by atoms with Gasteiger partial charge in [-0.25, -0.2) is 0 Å². The number of amides is 1. The Morgan fingerprint density at radius 3 is 2.45 bits per heavy atom. The zero-order chi connectivity index (χ0) is 15.8. The van der Waals surface area contributed by atoms with Gasteiger partial charge in [-0.1, -0.05) is 48.0 Å². The fourth-order valence-electron chi connectivity index (χ4n) is 1.83. The maximum atomic E-state index is 12.0. The van der Waals surface area contributed by atoms with Gasteiger partial charge in [0.2, 0.25) is 0 Å². The third-order valence-corrected chi connectivity index (χ3v) is 3.10. The van der Waals surface area contributed by atoms with Gasteiger partial charge in [0.05, 0.1) is 0 Å². The maximum Gasteiger partial charge on any atom is 0.263 e. The molecule has 2 N–H and O–H groups in total. The van der Waals surface area contributed by atoms with Crippen LogP contribution in [0, 0.1) is 18.3 Å². The van der Waals surface area contributed by atoms with Crippen molar-refractivity contribution in [2.75, 3.05) is 5.32 Å². The molecule has 0 aliphatic carbocycles. The van der Waals surface area contributed by atoms with Gasteiger partial charge in [0.1, 0.15) is 11.6 Å². The third-order valence-electron chi connectivity index (χ3n) is 3.10. The van der Waals surface area contributed by atoms with Crippen LogP contribution in [0.1, 0.15) is 11.1 Å². The van der Waals surface area contributed by atoms with Gasteiger partial charge in [-0.15, -0.1) is 0 Å². The lowest BCUT2D eigenvalue weighted by Gasteiger charge is -2.05. The molecule has 0 aliphatic heterocycles. The summed E-state index contributed by atoms with van der Waals surface area (Å²) in [6, 6.07) is 19.2. The molecule has 0 spiro atoms. The maximum absolute atomic E-state index is 12.0. The van der Waals surface area contributed by atoms with E-state index in [0.29, 0.717) is 6.54 Å². The van der Waals surface area contributed by atoms with E-state index in [1.807, 2.05) is 67.6 Å². The van der Waals surface area contributed by atoms with Crippen molar-refractivity contribution in [2.24, 2.45) is 0 Å². The van der Waals surface area contributed by atoms with Gasteiger partial charge in [0.15, 0.2) is 0 Å². The first-order valence-corrected chi connectivity index (χ1v) is 6.94. The van der Waals surface area contributed by atoms with Gasteiger partial charge in [-0.2, -0.15) is 5.26 Å². The minimum Gasteiger partial charge on any atom is -0.360 e. The molecule has 0 unspecified atom stereocenters. The van der Waals surface area contributed by atoms with Crippen molar-refractivity contribution < 1.29 is 4.79 Å². The van der Waals surface area contributed by atoms with Crippen molar-refractivity contribution in [2.45, 2.75) is 13.5 Å². The van der Waals surface area contributed by atoms with Crippen molar-refractivity contribution in [3.05, 3.63) is 77.5 Å². The number of hydrogen-bond acceptors (Lipinski definition) is 3. The van der Waals surface area contributed by atoms with E-state index in [-0.39, 0.29) is 5.57 Å². The normalized spacial score (nSPS) is 10.6. The number of carbonyl (C=O) groups is 1. The van der Waals surface area contributed by atoms with E-state index in [2.05, 4.69) is 10.6 Å². The summed E-state index contributed by atoms with van der Waals surface area (Å²) < 4.78 is 0. The number of nitriles is 1. The van der Waals surface area contributed by atoms with Gasteiger partial charge in [-0.3, -0.25) is 4.79 Å². The van der Waals surface area contributed by atoms with E-state index in [1.54, 1.807) is 0 Å². The van der Waals surface area contributed by atoms with Crippen LogP contribution in [0.2, 0.25) is 0 Å². The highest BCUT2D eigenvalue weighted by Crippen LogP contribution is 2.09. The minimum absolute atomic E-state index is 0.0384. The van der Waals surface area contributed by atoms with Crippen molar-refractivity contribution in [1.82, 2.24) is 5.32 Å². The van der Waals surface area contributed by atoms with Crippen molar-refractivity contribution in [3.8, 4) is 6.07 Å². The summed E-state index contributed by atoms with van der Waals surface area (Å²) in [7, 11) is 0. The lowest BCUT2D eigenvalue weighted by molar-refractivity contribution is -0.117. The second-order valence-corrected chi connectivity index (χ2v) is 4.85. The lowest BCUT2D eigenvalue weighted by Crippen LogP contribution is -2.24. The molecule has 110 valence electrons. The second-order valence-electron chi connectivity index (χ2n) is 4.85. The average Bonchev–Trinajstić information content (AvgIpc) is 2.56. The number of hydrogen-bond donors (Lipinski definition) is 2. The van der Waals surface area contributed by atoms with E-state index in [0.717, 1.165) is 16.8 Å². The van der Waals surface area contributed by atoms with E-state index < -0.39 is 5.91 Å². The number of rotatable bonds is 5. The predicted octanol–water partition coefficient (Wildman–Crippen LogP) is 3.13. The molecule has 0 saturated carbocycles. The number of nitrogens with one attached hydrogen (secondary N) is 2. The Kier molecular flexibility index (Phi) is 5.33. The summed E-state index contributed by atoms with van der Waals surface area (Å²) in [6.45, 7) is 2.39. The summed E-state index contributed by atoms with van der Waals surface area (Å²) in [5, 5.41) is 14.8. The molecule has 0 fully saturated rings. The molecule has 0 aromatic heterocycles. The average molecular weight is 291 g/mol. The molecule has 0 atom stereocenters. The van der Waals surface area contributed by atoms with Crippen LogP contribution in [0.25, 0.3) is 0 Å². The second kappa shape index (κ2) is 7.65. The van der Waals surface area contributed by atoms with Crippen LogP contribution in [0.4, 0.5) is 5.69 Å². The molecule has 0 saturated heterocycles. The number of benzene rings is 2. The summed E-state index contributed by atoms with van der Waals surface area (Å²) in [5.74, 6) is -0.397. The Morgan fingerprint density at radius 2 is 1.82 bits per heavy atom. The highest BCUT2D eigenvalue weighted by Gasteiger charge is 2.08. The quantitative estimate of drug-likeness (QED) is 0.657. The summed E-state index contributed by atoms with van der Waals surface area (Å²) in [5.41, 5.74) is 3.00. The van der Waals surface area contributed by atoms with Crippen LogP contribution >= 0.6 is 0 Å². The Balaban J connectivity index is 1.95. The number of carbonyl (C=O) groups excluding carboxylic acids is 1. The molecule has 22 heavy (non-hydrogen) atoms. The number of aryl methyl sites for hydroxylation is 1. The summed E-state index contributed by atoms with van der Waals surface area (Å²) >= 11 is 0. The van der Waals surface area contributed by atoms with Gasteiger partial charge in [0.25, 0.3) is 5.91 Å². The monoisotopic (exact) mass is 291 g/mol. The van der Waals surface area contributed by atoms with E-state index >= 15 is 0 Å². The topological polar surface area (TPSA) is 64.9 Å². The fraction of sp³-hybridized carbons (Fsp3) is 0.111. The zero-order valence-electron chi connectivity index (χ0n) is 12.3. The highest BCUT2D eigenvalue weighted by atomic mass is 16.1. The number of nitrogens with zero attached hydrogens (tertiary/aromatic N) is 1. The first-order chi connectivity index (χ1) is 10.7. The molecule has 4 heteroatoms. The molecule has 2 rings (SSSR count). The Labute approximate surface area is 130 Å². The van der Waals surface area contributed by atoms with E-state index in [9.17, 15) is 4.79 Å². The van der Waals surface area contributed by atoms with Gasteiger partial charge in [-0.05, 0) is 24.6 Å². The largest absolute Gasteiger partial charge is 0.360 e. The van der Waals surface area contributed by atoms with Crippen LogP contribution in [0.3, 0.4) is 0 Å². The van der Waals surface area contributed by atoms with Gasteiger partial charge < -0.3 is 10.6 Å². The van der Waals surface area contributed by atoms with Crippen molar-refractivity contribution >= 4 is 11.6 Å². The Bertz CT molecular complexity index is 697. The lowest BCUT2D eigenvalue weighted by atomic mass is 10.2. The Morgan fingerprint density at radius 1 is 1.14 bits per heavy atom. The van der Waals surface area contributed by atoms with Crippen LogP contribution in [-0.2, 0) is 11.3 Å². The molecule has 1 amide bonds. The number of anilines is 1. The molecule has 0 aliphatic rings. The smallest absolute Gasteiger partial charge is 0.263 e. The molecule has 0 heterocycles. The predicted molar refractivity (Wildman–Crippen MR) is 86.8 cm³/mol. The minimum atomic E-state index is -0.397. The fourth-order valence-corrected chi connectivity index (χ4v) is 1.83. The third kappa shape index (κ3) is 4.50. The molecular weight excluding hydrogens is 274 g/mol. The zero-order valence-corrected chi connectivity index (χ0v) is 12.3. The molecule has 0 radical (unpaired) electrons. The molecule has 0 bridgehead atoms. The van der Waals surface area contributed by atoms with Crippen molar-refractivity contribution in [1.29, 1.82) is 5.26 Å². The van der Waals surface area contributed by atoms with E-state index in [4.69, 9.17) is 5.26 Å². The SMILES string of the molecule is Cc1ccc(N/C=C(\C#N)C(=O)NCc2ccccc2)cc1. The molecule has 2 aromatic carbocycles. The van der Waals surface area contributed by atoms with Crippen LogP contribution in [0.5, 0.6) is 0 Å². The molecular formula is C18H17N3O. The summed E-state index contributed by atoms with van der Waals surface area (Å²) in [6.07, 6.45) is 1.42. The van der Waals surface area contributed by atoms with Crippen LogP contribution in [0.15, 0.2) is 66.4 Å². The van der Waals surface area contributed by atoms with Gasteiger partial charge >= 0.3 is 0 Å². The molecule has 4 nitrogen and oxygen atoms in total.